The normalized spacial score (nSPS) is 26.0. The summed E-state index contributed by atoms with van der Waals surface area (Å²) in [6.07, 6.45) is 3.12. The van der Waals surface area contributed by atoms with E-state index in [1.165, 1.54) is 18.4 Å². The second kappa shape index (κ2) is 5.83. The molecule has 110 valence electrons. The lowest BCUT2D eigenvalue weighted by Gasteiger charge is -2.39. The number of carbonyl (C=O) groups excluding carboxylic acids is 1. The number of ether oxygens (including phenoxy) is 1. The van der Waals surface area contributed by atoms with E-state index in [1.807, 2.05) is 6.92 Å². The van der Waals surface area contributed by atoms with Gasteiger partial charge in [0.15, 0.2) is 0 Å². The number of hydrogen-bond donors (Lipinski definition) is 2. The molecule has 2 rings (SSSR count). The average Bonchev–Trinajstić information content (AvgIpc) is 2.86. The molecular formula is C14H19NO4S. The van der Waals surface area contributed by atoms with Crippen molar-refractivity contribution in [3.63, 3.8) is 0 Å². The van der Waals surface area contributed by atoms with E-state index in [0.29, 0.717) is 23.5 Å². The Morgan fingerprint density at radius 3 is 2.90 bits per heavy atom. The second-order valence-corrected chi connectivity index (χ2v) is 6.24. The molecule has 1 saturated carbocycles. The predicted octanol–water partition coefficient (Wildman–Crippen LogP) is 2.52. The molecule has 1 aliphatic carbocycles. The van der Waals surface area contributed by atoms with Crippen LogP contribution in [0, 0.1) is 5.92 Å². The highest BCUT2D eigenvalue weighted by Crippen LogP contribution is 2.35. The summed E-state index contributed by atoms with van der Waals surface area (Å²) < 4.78 is 5.14. The van der Waals surface area contributed by atoms with Gasteiger partial charge in [-0.3, -0.25) is 9.59 Å². The van der Waals surface area contributed by atoms with Crippen molar-refractivity contribution in [2.24, 2.45) is 5.92 Å². The van der Waals surface area contributed by atoms with E-state index in [2.05, 4.69) is 5.32 Å². The third-order valence-corrected chi connectivity index (χ3v) is 4.85. The number of methoxy groups -OCH3 is 1. The fourth-order valence-corrected chi connectivity index (χ4v) is 3.57. The van der Waals surface area contributed by atoms with Crippen LogP contribution in [-0.4, -0.2) is 29.6 Å². The maximum Gasteiger partial charge on any atom is 0.308 e. The first kappa shape index (κ1) is 14.8. The number of aliphatic carboxylic acids is 1. The summed E-state index contributed by atoms with van der Waals surface area (Å²) >= 11 is 1.29. The molecule has 0 saturated heterocycles. The molecule has 0 spiro atoms. The molecule has 1 aliphatic rings. The molecule has 5 nitrogen and oxygen atoms in total. The van der Waals surface area contributed by atoms with E-state index in [0.717, 1.165) is 12.8 Å². The molecule has 20 heavy (non-hydrogen) atoms. The van der Waals surface area contributed by atoms with Crippen molar-refractivity contribution in [1.29, 1.82) is 0 Å². The Morgan fingerprint density at radius 2 is 2.25 bits per heavy atom. The van der Waals surface area contributed by atoms with Gasteiger partial charge in [0.2, 0.25) is 0 Å². The van der Waals surface area contributed by atoms with Crippen LogP contribution in [0.1, 0.15) is 42.3 Å². The molecule has 1 heterocycles. The maximum atomic E-state index is 12.4. The van der Waals surface area contributed by atoms with Crippen molar-refractivity contribution in [2.45, 2.75) is 38.1 Å². The van der Waals surface area contributed by atoms with Crippen LogP contribution < -0.4 is 10.1 Å². The average molecular weight is 297 g/mol. The highest BCUT2D eigenvalue weighted by molar-refractivity contribution is 7.12. The van der Waals surface area contributed by atoms with Crippen LogP contribution in [0.3, 0.4) is 0 Å². The van der Waals surface area contributed by atoms with E-state index in [4.69, 9.17) is 4.74 Å². The van der Waals surface area contributed by atoms with E-state index in [1.54, 1.807) is 11.4 Å². The van der Waals surface area contributed by atoms with Gasteiger partial charge in [-0.1, -0.05) is 12.8 Å². The first-order valence-corrected chi connectivity index (χ1v) is 7.52. The van der Waals surface area contributed by atoms with Crippen LogP contribution in [0.25, 0.3) is 0 Å². The van der Waals surface area contributed by atoms with Crippen LogP contribution in [0.2, 0.25) is 0 Å². The SMILES string of the molecule is COc1ccsc1C(=O)NC1(C)CCCCC1C(=O)O. The van der Waals surface area contributed by atoms with Crippen molar-refractivity contribution in [1.82, 2.24) is 5.32 Å². The Hall–Kier alpha value is -1.56. The minimum atomic E-state index is -0.842. The monoisotopic (exact) mass is 297 g/mol. The smallest absolute Gasteiger partial charge is 0.308 e. The first-order chi connectivity index (χ1) is 9.48. The highest BCUT2D eigenvalue weighted by atomic mass is 32.1. The summed E-state index contributed by atoms with van der Waals surface area (Å²) in [5.41, 5.74) is -0.698. The highest BCUT2D eigenvalue weighted by Gasteiger charge is 2.42. The number of carboxylic acid groups (broad SMARTS) is 1. The zero-order valence-electron chi connectivity index (χ0n) is 11.6. The Labute approximate surface area is 121 Å². The lowest BCUT2D eigenvalue weighted by atomic mass is 9.74. The number of amides is 1. The molecule has 2 atom stereocenters. The van der Waals surface area contributed by atoms with E-state index < -0.39 is 17.4 Å². The Balaban J connectivity index is 2.18. The fourth-order valence-electron chi connectivity index (χ4n) is 2.82. The van der Waals surface area contributed by atoms with Crippen molar-refractivity contribution in [3.05, 3.63) is 16.3 Å². The second-order valence-electron chi connectivity index (χ2n) is 5.33. The fraction of sp³-hybridized carbons (Fsp3) is 0.571. The molecule has 1 amide bonds. The minimum absolute atomic E-state index is 0.257. The summed E-state index contributed by atoms with van der Waals surface area (Å²) in [4.78, 5) is 24.2. The molecule has 1 aromatic rings. The zero-order valence-corrected chi connectivity index (χ0v) is 12.5. The quantitative estimate of drug-likeness (QED) is 0.895. The molecule has 1 fully saturated rings. The minimum Gasteiger partial charge on any atom is -0.495 e. The molecule has 1 aromatic heterocycles. The third-order valence-electron chi connectivity index (χ3n) is 3.96. The summed E-state index contributed by atoms with van der Waals surface area (Å²) in [5, 5.41) is 14.0. The largest absolute Gasteiger partial charge is 0.495 e. The summed E-state index contributed by atoms with van der Waals surface area (Å²) in [6.45, 7) is 1.82. The topological polar surface area (TPSA) is 75.6 Å². The number of hydrogen-bond acceptors (Lipinski definition) is 4. The Morgan fingerprint density at radius 1 is 1.50 bits per heavy atom. The van der Waals surface area contributed by atoms with E-state index in [-0.39, 0.29) is 5.91 Å². The lowest BCUT2D eigenvalue weighted by molar-refractivity contribution is -0.145. The van der Waals surface area contributed by atoms with Crippen molar-refractivity contribution < 1.29 is 19.4 Å². The zero-order chi connectivity index (χ0) is 14.8. The van der Waals surface area contributed by atoms with Gasteiger partial charge in [0, 0.05) is 0 Å². The van der Waals surface area contributed by atoms with Crippen molar-refractivity contribution in [2.75, 3.05) is 7.11 Å². The lowest BCUT2D eigenvalue weighted by Crippen LogP contribution is -2.55. The van der Waals surface area contributed by atoms with E-state index in [9.17, 15) is 14.7 Å². The first-order valence-electron chi connectivity index (χ1n) is 6.65. The number of carboxylic acids is 1. The van der Waals surface area contributed by atoms with Crippen LogP contribution in [0.15, 0.2) is 11.4 Å². The molecule has 2 unspecified atom stereocenters. The van der Waals surface area contributed by atoms with Crippen molar-refractivity contribution in [3.8, 4) is 5.75 Å². The van der Waals surface area contributed by atoms with Gasteiger partial charge in [0.05, 0.1) is 18.6 Å². The number of carbonyl (C=O) groups is 2. The molecule has 6 heteroatoms. The maximum absolute atomic E-state index is 12.4. The molecule has 0 aliphatic heterocycles. The van der Waals surface area contributed by atoms with Crippen LogP contribution in [-0.2, 0) is 4.79 Å². The van der Waals surface area contributed by atoms with E-state index >= 15 is 0 Å². The van der Waals surface area contributed by atoms with Gasteiger partial charge in [0.25, 0.3) is 5.91 Å². The molecular weight excluding hydrogens is 278 g/mol. The van der Waals surface area contributed by atoms with Gasteiger partial charge in [-0.05, 0) is 31.2 Å². The number of thiophene rings is 1. The molecule has 0 bridgehead atoms. The Kier molecular flexibility index (Phi) is 4.32. The van der Waals surface area contributed by atoms with Crippen LogP contribution >= 0.6 is 11.3 Å². The van der Waals surface area contributed by atoms with Gasteiger partial charge in [-0.2, -0.15) is 0 Å². The molecule has 0 aromatic carbocycles. The van der Waals surface area contributed by atoms with Crippen LogP contribution in [0.5, 0.6) is 5.75 Å². The predicted molar refractivity (Wildman–Crippen MR) is 76.3 cm³/mol. The van der Waals surface area contributed by atoms with Gasteiger partial charge < -0.3 is 15.2 Å². The molecule has 0 radical (unpaired) electrons. The van der Waals surface area contributed by atoms with Gasteiger partial charge in [-0.15, -0.1) is 11.3 Å². The van der Waals surface area contributed by atoms with Crippen LogP contribution in [0.4, 0.5) is 0 Å². The summed E-state index contributed by atoms with van der Waals surface area (Å²) in [7, 11) is 1.52. The number of rotatable bonds is 4. The third kappa shape index (κ3) is 2.80. The number of nitrogens with one attached hydrogen (secondary N) is 1. The Bertz CT molecular complexity index is 513. The summed E-state index contributed by atoms with van der Waals surface area (Å²) in [5.74, 6) is -1.11. The van der Waals surface area contributed by atoms with Crippen molar-refractivity contribution >= 4 is 23.2 Å². The van der Waals surface area contributed by atoms with Gasteiger partial charge in [-0.25, -0.2) is 0 Å². The van der Waals surface area contributed by atoms with Gasteiger partial charge >= 0.3 is 5.97 Å². The standard InChI is InChI=1S/C14H19NO4S/c1-14(7-4-3-5-9(14)13(17)18)15-12(16)11-10(19-2)6-8-20-11/h6,8-9H,3-5,7H2,1-2H3,(H,15,16)(H,17,18). The van der Waals surface area contributed by atoms with Gasteiger partial charge in [0.1, 0.15) is 10.6 Å². The molecule has 2 N–H and O–H groups in total. The summed E-state index contributed by atoms with van der Waals surface area (Å²) in [6, 6.07) is 1.73.